The maximum Gasteiger partial charge on any atom is 0.283 e. The summed E-state index contributed by atoms with van der Waals surface area (Å²) >= 11 is 0. The standard InChI is InChI=1S/C19H40O3.H2O/c1-8-11-13-14-15-19(20-16-12-9-2,21-17(4)10-3)22-18(5,6)7;/h17H,8-16H2,1-7H3;1H2. The third-order valence-electron chi connectivity index (χ3n) is 3.57. The highest BCUT2D eigenvalue weighted by molar-refractivity contribution is 4.69. The molecule has 0 radical (unpaired) electrons. The van der Waals surface area contributed by atoms with Crippen molar-refractivity contribution in [2.24, 2.45) is 0 Å². The van der Waals surface area contributed by atoms with Crippen molar-refractivity contribution in [2.75, 3.05) is 6.61 Å². The molecule has 2 atom stereocenters. The van der Waals surface area contributed by atoms with E-state index in [0.717, 1.165) is 32.1 Å². The highest BCUT2D eigenvalue weighted by atomic mass is 16.9. The molecule has 0 aromatic heterocycles. The van der Waals surface area contributed by atoms with Crippen molar-refractivity contribution in [2.45, 2.75) is 118 Å². The summed E-state index contributed by atoms with van der Waals surface area (Å²) in [6.45, 7) is 15.5. The van der Waals surface area contributed by atoms with Crippen LogP contribution in [-0.4, -0.2) is 29.8 Å². The zero-order valence-electron chi connectivity index (χ0n) is 16.7. The van der Waals surface area contributed by atoms with Gasteiger partial charge in [-0.15, -0.1) is 0 Å². The second kappa shape index (κ2) is 13.2. The Balaban J connectivity index is 0. The third kappa shape index (κ3) is 12.9. The van der Waals surface area contributed by atoms with Crippen LogP contribution in [0, 0.1) is 0 Å². The molecule has 0 bridgehead atoms. The summed E-state index contributed by atoms with van der Waals surface area (Å²) in [5.41, 5.74) is -0.287. The maximum absolute atomic E-state index is 6.28. The van der Waals surface area contributed by atoms with Gasteiger partial charge in [0.2, 0.25) is 0 Å². The summed E-state index contributed by atoms with van der Waals surface area (Å²) in [6.07, 6.45) is 8.81. The molecule has 0 saturated carbocycles. The van der Waals surface area contributed by atoms with E-state index in [4.69, 9.17) is 14.2 Å². The summed E-state index contributed by atoms with van der Waals surface area (Å²) in [5, 5.41) is 0. The van der Waals surface area contributed by atoms with E-state index < -0.39 is 5.97 Å². The Morgan fingerprint density at radius 3 is 1.96 bits per heavy atom. The van der Waals surface area contributed by atoms with Gasteiger partial charge in [0.05, 0.1) is 18.3 Å². The first-order valence-corrected chi connectivity index (χ1v) is 9.30. The minimum absolute atomic E-state index is 0. The predicted octanol–water partition coefficient (Wildman–Crippen LogP) is 5.23. The van der Waals surface area contributed by atoms with Crippen molar-refractivity contribution >= 4 is 0 Å². The molecule has 0 heterocycles. The van der Waals surface area contributed by atoms with Crippen LogP contribution in [0.4, 0.5) is 0 Å². The minimum atomic E-state index is -0.892. The predicted molar refractivity (Wildman–Crippen MR) is 97.6 cm³/mol. The number of rotatable bonds is 13. The van der Waals surface area contributed by atoms with Gasteiger partial charge in [-0.1, -0.05) is 46.5 Å². The molecule has 0 aliphatic heterocycles. The Morgan fingerprint density at radius 1 is 0.870 bits per heavy atom. The number of ether oxygens (including phenoxy) is 3. The molecular weight excluding hydrogens is 292 g/mol. The van der Waals surface area contributed by atoms with Crippen LogP contribution >= 0.6 is 0 Å². The zero-order valence-corrected chi connectivity index (χ0v) is 16.7. The van der Waals surface area contributed by atoms with Gasteiger partial charge in [0.25, 0.3) is 5.97 Å². The zero-order chi connectivity index (χ0) is 17.1. The van der Waals surface area contributed by atoms with Gasteiger partial charge >= 0.3 is 0 Å². The summed E-state index contributed by atoms with van der Waals surface area (Å²) < 4.78 is 18.7. The fourth-order valence-corrected chi connectivity index (χ4v) is 2.27. The highest BCUT2D eigenvalue weighted by Gasteiger charge is 2.38. The van der Waals surface area contributed by atoms with Crippen molar-refractivity contribution < 1.29 is 19.7 Å². The fourth-order valence-electron chi connectivity index (χ4n) is 2.27. The average Bonchev–Trinajstić information content (AvgIpc) is 2.42. The van der Waals surface area contributed by atoms with Gasteiger partial charge in [0.15, 0.2) is 0 Å². The van der Waals surface area contributed by atoms with Crippen LogP contribution in [-0.2, 0) is 14.2 Å². The van der Waals surface area contributed by atoms with Gasteiger partial charge in [0.1, 0.15) is 0 Å². The molecule has 4 heteroatoms. The number of hydrogen-bond donors (Lipinski definition) is 0. The molecule has 0 aromatic carbocycles. The molecule has 142 valence electrons. The second-order valence-corrected chi connectivity index (χ2v) is 7.25. The van der Waals surface area contributed by atoms with Crippen molar-refractivity contribution in [1.82, 2.24) is 0 Å². The van der Waals surface area contributed by atoms with Crippen LogP contribution in [0.3, 0.4) is 0 Å². The lowest BCUT2D eigenvalue weighted by Gasteiger charge is -2.40. The van der Waals surface area contributed by atoms with Crippen molar-refractivity contribution in [1.29, 1.82) is 0 Å². The van der Waals surface area contributed by atoms with Crippen LogP contribution in [0.1, 0.15) is 99.8 Å². The van der Waals surface area contributed by atoms with Gasteiger partial charge < -0.3 is 19.7 Å². The number of hydrogen-bond acceptors (Lipinski definition) is 3. The van der Waals surface area contributed by atoms with Gasteiger partial charge in [-0.25, -0.2) is 0 Å². The minimum Gasteiger partial charge on any atom is -0.412 e. The molecule has 0 rings (SSSR count). The van der Waals surface area contributed by atoms with Crippen LogP contribution in [0.2, 0.25) is 0 Å². The Kier molecular flexibility index (Phi) is 14.4. The van der Waals surface area contributed by atoms with E-state index >= 15 is 0 Å². The summed E-state index contributed by atoms with van der Waals surface area (Å²) in [5.74, 6) is -0.892. The summed E-state index contributed by atoms with van der Waals surface area (Å²) in [6, 6.07) is 0. The van der Waals surface area contributed by atoms with Crippen LogP contribution in [0.25, 0.3) is 0 Å². The van der Waals surface area contributed by atoms with Crippen LogP contribution in [0.5, 0.6) is 0 Å². The lowest BCUT2D eigenvalue weighted by molar-refractivity contribution is -0.418. The SMILES string of the molecule is CCCCCCC(OCCCC)(OC(C)CC)OC(C)(C)C.O. The highest BCUT2D eigenvalue weighted by Crippen LogP contribution is 2.31. The first kappa shape index (κ1) is 25.1. The van der Waals surface area contributed by atoms with Gasteiger partial charge in [-0.3, -0.25) is 0 Å². The van der Waals surface area contributed by atoms with Crippen molar-refractivity contribution in [3.05, 3.63) is 0 Å². The Morgan fingerprint density at radius 2 is 1.48 bits per heavy atom. The Bertz CT molecular complexity index is 263. The molecule has 2 N–H and O–H groups in total. The quantitative estimate of drug-likeness (QED) is 0.342. The lowest BCUT2D eigenvalue weighted by Crippen LogP contribution is -2.47. The fraction of sp³-hybridized carbons (Fsp3) is 1.00. The first-order valence-electron chi connectivity index (χ1n) is 9.30. The van der Waals surface area contributed by atoms with E-state index in [9.17, 15) is 0 Å². The van der Waals surface area contributed by atoms with Crippen molar-refractivity contribution in [3.63, 3.8) is 0 Å². The second-order valence-electron chi connectivity index (χ2n) is 7.25. The smallest absolute Gasteiger partial charge is 0.283 e. The molecule has 4 nitrogen and oxygen atoms in total. The van der Waals surface area contributed by atoms with E-state index in [1.54, 1.807) is 0 Å². The van der Waals surface area contributed by atoms with E-state index in [2.05, 4.69) is 48.5 Å². The molecule has 0 spiro atoms. The monoisotopic (exact) mass is 334 g/mol. The van der Waals surface area contributed by atoms with Gasteiger partial charge in [-0.2, -0.15) is 0 Å². The van der Waals surface area contributed by atoms with Crippen molar-refractivity contribution in [3.8, 4) is 0 Å². The normalized spacial score (nSPS) is 15.8. The summed E-state index contributed by atoms with van der Waals surface area (Å²) in [4.78, 5) is 0. The Labute approximate surface area is 144 Å². The van der Waals surface area contributed by atoms with E-state index in [1.165, 1.54) is 19.3 Å². The van der Waals surface area contributed by atoms with E-state index in [1.807, 2.05) is 0 Å². The molecule has 0 aliphatic rings. The van der Waals surface area contributed by atoms with Gasteiger partial charge in [0, 0.05) is 6.42 Å². The molecule has 0 aliphatic carbocycles. The Hall–Kier alpha value is -0.160. The summed E-state index contributed by atoms with van der Waals surface area (Å²) in [7, 11) is 0. The maximum atomic E-state index is 6.28. The largest absolute Gasteiger partial charge is 0.412 e. The molecular formula is C19H42O4. The molecule has 23 heavy (non-hydrogen) atoms. The first-order chi connectivity index (χ1) is 10.3. The molecule has 0 saturated heterocycles. The molecule has 0 fully saturated rings. The lowest BCUT2D eigenvalue weighted by atomic mass is 10.1. The van der Waals surface area contributed by atoms with Gasteiger partial charge in [-0.05, 0) is 47.0 Å². The topological polar surface area (TPSA) is 59.2 Å². The van der Waals surface area contributed by atoms with E-state index in [0.29, 0.717) is 6.61 Å². The van der Waals surface area contributed by atoms with E-state index in [-0.39, 0.29) is 17.2 Å². The van der Waals surface area contributed by atoms with Crippen LogP contribution in [0.15, 0.2) is 0 Å². The van der Waals surface area contributed by atoms with Crippen LogP contribution < -0.4 is 0 Å². The number of unbranched alkanes of at least 4 members (excludes halogenated alkanes) is 4. The molecule has 2 unspecified atom stereocenters. The molecule has 0 amide bonds. The average molecular weight is 335 g/mol. The third-order valence-corrected chi connectivity index (χ3v) is 3.57. The molecule has 0 aromatic rings.